The van der Waals surface area contributed by atoms with Crippen molar-refractivity contribution in [3.8, 4) is 0 Å². The Bertz CT molecular complexity index is 844. The van der Waals surface area contributed by atoms with Crippen LogP contribution in [0.5, 0.6) is 0 Å². The number of Topliss-reactive ketones (excluding diaryl/α,β-unsaturated/α-hetero) is 1. The third-order valence-corrected chi connectivity index (χ3v) is 5.00. The first kappa shape index (κ1) is 14.6. The van der Waals surface area contributed by atoms with Gasteiger partial charge in [-0.2, -0.15) is 0 Å². The number of benzene rings is 2. The molecule has 0 bridgehead atoms. The molecule has 0 spiro atoms. The summed E-state index contributed by atoms with van der Waals surface area (Å²) >= 11 is 0. The van der Waals surface area contributed by atoms with Gasteiger partial charge in [-0.25, -0.2) is 8.42 Å². The first-order valence-electron chi connectivity index (χ1n) is 6.96. The molecule has 6 heteroatoms. The average molecular weight is 316 g/mol. The maximum atomic E-state index is 12.5. The minimum Gasteiger partial charge on any atom is -0.384 e. The summed E-state index contributed by atoms with van der Waals surface area (Å²) < 4.78 is 27.5. The summed E-state index contributed by atoms with van der Waals surface area (Å²) in [6.07, 6.45) is 0.818. The van der Waals surface area contributed by atoms with Crippen molar-refractivity contribution in [2.24, 2.45) is 0 Å². The van der Waals surface area contributed by atoms with E-state index in [9.17, 15) is 13.2 Å². The van der Waals surface area contributed by atoms with Crippen LogP contribution in [0.3, 0.4) is 0 Å². The number of ketones is 1. The number of nitrogens with one attached hydrogen (secondary N) is 2. The van der Waals surface area contributed by atoms with Gasteiger partial charge in [0.2, 0.25) is 0 Å². The van der Waals surface area contributed by atoms with Crippen molar-refractivity contribution >= 4 is 27.2 Å². The van der Waals surface area contributed by atoms with Gasteiger partial charge in [-0.1, -0.05) is 12.1 Å². The molecule has 0 unspecified atom stereocenters. The van der Waals surface area contributed by atoms with Gasteiger partial charge in [-0.05, 0) is 49.2 Å². The number of hydrogen-bond donors (Lipinski definition) is 2. The topological polar surface area (TPSA) is 75.3 Å². The lowest BCUT2D eigenvalue weighted by Gasteiger charge is -2.10. The molecule has 2 aromatic rings. The molecule has 1 heterocycles. The molecular weight excluding hydrogens is 300 g/mol. The predicted molar refractivity (Wildman–Crippen MR) is 85.9 cm³/mol. The fraction of sp³-hybridized carbons (Fsp3) is 0.188. The van der Waals surface area contributed by atoms with Crippen molar-refractivity contribution in [2.45, 2.75) is 18.2 Å². The molecule has 0 atom stereocenters. The SMILES string of the molecule is CC(=O)c1cccc(NS(=O)(=O)c2ccc3c(c2)CCN3)c1. The summed E-state index contributed by atoms with van der Waals surface area (Å²) in [6, 6.07) is 11.5. The summed E-state index contributed by atoms with van der Waals surface area (Å²) in [7, 11) is -3.67. The Morgan fingerprint density at radius 3 is 2.77 bits per heavy atom. The van der Waals surface area contributed by atoms with Crippen LogP contribution in [0.4, 0.5) is 11.4 Å². The second-order valence-corrected chi connectivity index (χ2v) is 6.92. The van der Waals surface area contributed by atoms with Gasteiger partial charge < -0.3 is 5.32 Å². The first-order chi connectivity index (χ1) is 10.5. The third-order valence-electron chi connectivity index (χ3n) is 3.62. The molecule has 0 aromatic heterocycles. The van der Waals surface area contributed by atoms with Gasteiger partial charge in [-0.15, -0.1) is 0 Å². The molecule has 0 radical (unpaired) electrons. The number of carbonyl (C=O) groups is 1. The quantitative estimate of drug-likeness (QED) is 0.850. The molecule has 22 heavy (non-hydrogen) atoms. The maximum Gasteiger partial charge on any atom is 0.261 e. The summed E-state index contributed by atoms with van der Waals surface area (Å²) in [5.74, 6) is -0.107. The minimum absolute atomic E-state index is 0.107. The van der Waals surface area contributed by atoms with E-state index in [2.05, 4.69) is 10.0 Å². The second-order valence-electron chi connectivity index (χ2n) is 5.24. The summed E-state index contributed by atoms with van der Waals surface area (Å²) in [4.78, 5) is 11.6. The van der Waals surface area contributed by atoms with Gasteiger partial charge in [-0.3, -0.25) is 9.52 Å². The van der Waals surface area contributed by atoms with Crippen molar-refractivity contribution in [2.75, 3.05) is 16.6 Å². The zero-order chi connectivity index (χ0) is 15.7. The van der Waals surface area contributed by atoms with Crippen LogP contribution < -0.4 is 10.0 Å². The van der Waals surface area contributed by atoms with E-state index in [0.717, 1.165) is 24.2 Å². The van der Waals surface area contributed by atoms with Crippen LogP contribution in [-0.4, -0.2) is 20.7 Å². The van der Waals surface area contributed by atoms with Gasteiger partial charge in [0.25, 0.3) is 10.0 Å². The predicted octanol–water partition coefficient (Wildman–Crippen LogP) is 2.66. The van der Waals surface area contributed by atoms with E-state index in [4.69, 9.17) is 0 Å². The molecule has 114 valence electrons. The smallest absolute Gasteiger partial charge is 0.261 e. The highest BCUT2D eigenvalue weighted by Gasteiger charge is 2.18. The molecule has 0 fully saturated rings. The zero-order valence-electron chi connectivity index (χ0n) is 12.1. The van der Waals surface area contributed by atoms with E-state index in [1.54, 1.807) is 36.4 Å². The van der Waals surface area contributed by atoms with Crippen molar-refractivity contribution in [3.63, 3.8) is 0 Å². The third kappa shape index (κ3) is 2.82. The minimum atomic E-state index is -3.67. The van der Waals surface area contributed by atoms with Crippen LogP contribution in [0.25, 0.3) is 0 Å². The standard InChI is InChI=1S/C16H16N2O3S/c1-11(19)12-3-2-4-14(9-12)18-22(20,21)15-5-6-16-13(10-15)7-8-17-16/h2-6,9-10,17-18H,7-8H2,1H3. The highest BCUT2D eigenvalue weighted by molar-refractivity contribution is 7.92. The van der Waals surface area contributed by atoms with Crippen LogP contribution in [0.2, 0.25) is 0 Å². The molecule has 0 aliphatic carbocycles. The normalized spacial score (nSPS) is 13.3. The van der Waals surface area contributed by atoms with Gasteiger partial charge >= 0.3 is 0 Å². The summed E-state index contributed by atoms with van der Waals surface area (Å²) in [5, 5.41) is 3.20. The molecule has 2 aromatic carbocycles. The van der Waals surface area contributed by atoms with Crippen LogP contribution in [0.15, 0.2) is 47.4 Å². The lowest BCUT2D eigenvalue weighted by molar-refractivity contribution is 0.101. The van der Waals surface area contributed by atoms with Gasteiger partial charge in [0.1, 0.15) is 0 Å². The molecule has 5 nitrogen and oxygen atoms in total. The van der Waals surface area contributed by atoms with Crippen molar-refractivity contribution < 1.29 is 13.2 Å². The van der Waals surface area contributed by atoms with Crippen LogP contribution >= 0.6 is 0 Å². The van der Waals surface area contributed by atoms with Crippen LogP contribution in [0, 0.1) is 0 Å². The van der Waals surface area contributed by atoms with Crippen molar-refractivity contribution in [1.82, 2.24) is 0 Å². The van der Waals surface area contributed by atoms with E-state index in [1.807, 2.05) is 0 Å². The molecule has 0 amide bonds. The molecule has 0 saturated carbocycles. The lowest BCUT2D eigenvalue weighted by Crippen LogP contribution is -2.13. The number of sulfonamides is 1. The first-order valence-corrected chi connectivity index (χ1v) is 8.45. The Morgan fingerprint density at radius 2 is 2.00 bits per heavy atom. The van der Waals surface area contributed by atoms with Crippen molar-refractivity contribution in [3.05, 3.63) is 53.6 Å². The highest BCUT2D eigenvalue weighted by atomic mass is 32.2. The van der Waals surface area contributed by atoms with E-state index in [1.165, 1.54) is 13.0 Å². The van der Waals surface area contributed by atoms with Crippen molar-refractivity contribution in [1.29, 1.82) is 0 Å². The van der Waals surface area contributed by atoms with Crippen LogP contribution in [-0.2, 0) is 16.4 Å². The summed E-state index contributed by atoms with van der Waals surface area (Å²) in [5.41, 5.74) is 2.84. The average Bonchev–Trinajstić information content (AvgIpc) is 2.94. The van der Waals surface area contributed by atoms with Crippen LogP contribution in [0.1, 0.15) is 22.8 Å². The fourth-order valence-corrected chi connectivity index (χ4v) is 3.56. The van der Waals surface area contributed by atoms with E-state index in [-0.39, 0.29) is 10.7 Å². The molecular formula is C16H16N2O3S. The Labute approximate surface area is 129 Å². The number of carbonyl (C=O) groups excluding carboxylic acids is 1. The fourth-order valence-electron chi connectivity index (χ4n) is 2.46. The van der Waals surface area contributed by atoms with Gasteiger partial charge in [0.05, 0.1) is 4.90 Å². The highest BCUT2D eigenvalue weighted by Crippen LogP contribution is 2.26. The second kappa shape index (κ2) is 5.46. The van der Waals surface area contributed by atoms with E-state index in [0.29, 0.717) is 11.3 Å². The van der Waals surface area contributed by atoms with E-state index >= 15 is 0 Å². The van der Waals surface area contributed by atoms with Gasteiger partial charge in [0, 0.05) is 23.5 Å². The largest absolute Gasteiger partial charge is 0.384 e. The lowest BCUT2D eigenvalue weighted by atomic mass is 10.1. The summed E-state index contributed by atoms with van der Waals surface area (Å²) in [6.45, 7) is 2.27. The van der Waals surface area contributed by atoms with E-state index < -0.39 is 10.0 Å². The molecule has 1 aliphatic rings. The Morgan fingerprint density at radius 1 is 1.18 bits per heavy atom. The number of hydrogen-bond acceptors (Lipinski definition) is 4. The Balaban J connectivity index is 1.90. The van der Waals surface area contributed by atoms with Gasteiger partial charge in [0.15, 0.2) is 5.78 Å². The maximum absolute atomic E-state index is 12.5. The molecule has 1 aliphatic heterocycles. The molecule has 2 N–H and O–H groups in total. The monoisotopic (exact) mass is 316 g/mol. The Hall–Kier alpha value is -2.34. The number of anilines is 2. The number of rotatable bonds is 4. The molecule has 3 rings (SSSR count). The molecule has 0 saturated heterocycles. The zero-order valence-corrected chi connectivity index (χ0v) is 12.9. The number of fused-ring (bicyclic) bond motifs is 1. The Kier molecular flexibility index (Phi) is 3.62.